The van der Waals surface area contributed by atoms with Crippen LogP contribution in [0.25, 0.3) is 10.9 Å². The molecule has 0 saturated carbocycles. The number of fused-ring (bicyclic) bond motifs is 1. The molecule has 1 aliphatic heterocycles. The Kier molecular flexibility index (Phi) is 4.80. The predicted octanol–water partition coefficient (Wildman–Crippen LogP) is 2.05. The molecule has 21 heavy (non-hydrogen) atoms. The van der Waals surface area contributed by atoms with Crippen LogP contribution < -0.4 is 5.32 Å². The van der Waals surface area contributed by atoms with E-state index in [9.17, 15) is 0 Å². The Bertz CT molecular complexity index is 582. The number of hydrogen-bond donors (Lipinski definition) is 1. The van der Waals surface area contributed by atoms with Crippen LogP contribution in [-0.4, -0.2) is 48.8 Å². The van der Waals surface area contributed by atoms with Gasteiger partial charge in [-0.3, -0.25) is 9.88 Å². The van der Waals surface area contributed by atoms with Crippen LogP contribution in [0.15, 0.2) is 36.5 Å². The summed E-state index contributed by atoms with van der Waals surface area (Å²) in [6.45, 7) is 7.68. The molecule has 1 aromatic heterocycles. The number of morpholine rings is 1. The van der Waals surface area contributed by atoms with Gasteiger partial charge >= 0.3 is 0 Å². The van der Waals surface area contributed by atoms with Crippen molar-refractivity contribution in [2.75, 3.05) is 32.8 Å². The van der Waals surface area contributed by atoms with Gasteiger partial charge in [0, 0.05) is 37.3 Å². The van der Waals surface area contributed by atoms with Crippen LogP contribution in [0, 0.1) is 0 Å². The fourth-order valence-corrected chi connectivity index (χ4v) is 2.91. The minimum atomic E-state index is 0.442. The number of hydrogen-bond acceptors (Lipinski definition) is 4. The highest BCUT2D eigenvalue weighted by Gasteiger charge is 2.23. The molecular formula is C17H23N3O. The number of benzene rings is 1. The molecule has 4 nitrogen and oxygen atoms in total. The van der Waals surface area contributed by atoms with Crippen LogP contribution in [0.3, 0.4) is 0 Å². The van der Waals surface area contributed by atoms with Gasteiger partial charge in [-0.05, 0) is 18.2 Å². The smallest absolute Gasteiger partial charge is 0.0746 e. The average Bonchev–Trinajstić information content (AvgIpc) is 2.54. The molecule has 2 aromatic rings. The lowest BCUT2D eigenvalue weighted by Gasteiger charge is -2.35. The minimum absolute atomic E-state index is 0.442. The summed E-state index contributed by atoms with van der Waals surface area (Å²) in [7, 11) is 0. The van der Waals surface area contributed by atoms with Gasteiger partial charge in [0.25, 0.3) is 0 Å². The number of aromatic nitrogens is 1. The van der Waals surface area contributed by atoms with E-state index < -0.39 is 0 Å². The Hall–Kier alpha value is -1.49. The van der Waals surface area contributed by atoms with Gasteiger partial charge in [0.2, 0.25) is 0 Å². The van der Waals surface area contributed by atoms with Crippen molar-refractivity contribution >= 4 is 10.9 Å². The SMILES string of the molecule is CCNCC1COCCN1Cc1cccc2cccnc12. The quantitative estimate of drug-likeness (QED) is 0.912. The van der Waals surface area contributed by atoms with E-state index in [0.29, 0.717) is 6.04 Å². The Balaban J connectivity index is 1.79. The summed E-state index contributed by atoms with van der Waals surface area (Å²) < 4.78 is 5.64. The Labute approximate surface area is 126 Å². The van der Waals surface area contributed by atoms with Gasteiger partial charge in [-0.1, -0.05) is 31.2 Å². The Morgan fingerprint density at radius 3 is 3.14 bits per heavy atom. The lowest BCUT2D eigenvalue weighted by atomic mass is 10.1. The number of pyridine rings is 1. The minimum Gasteiger partial charge on any atom is -0.378 e. The van der Waals surface area contributed by atoms with E-state index in [1.807, 2.05) is 12.3 Å². The molecule has 0 bridgehead atoms. The Morgan fingerprint density at radius 1 is 1.33 bits per heavy atom. The summed E-state index contributed by atoms with van der Waals surface area (Å²) in [5.74, 6) is 0. The fraction of sp³-hybridized carbons (Fsp3) is 0.471. The molecule has 1 aromatic carbocycles. The zero-order valence-corrected chi connectivity index (χ0v) is 12.6. The fourth-order valence-electron chi connectivity index (χ4n) is 2.91. The number of rotatable bonds is 5. The van der Waals surface area contributed by atoms with Gasteiger partial charge in [-0.15, -0.1) is 0 Å². The lowest BCUT2D eigenvalue weighted by Crippen LogP contribution is -2.49. The van der Waals surface area contributed by atoms with Crippen LogP contribution in [0.4, 0.5) is 0 Å². The molecule has 0 radical (unpaired) electrons. The molecule has 1 N–H and O–H groups in total. The maximum atomic E-state index is 5.64. The zero-order valence-electron chi connectivity index (χ0n) is 12.6. The van der Waals surface area contributed by atoms with Crippen molar-refractivity contribution in [1.82, 2.24) is 15.2 Å². The van der Waals surface area contributed by atoms with Crippen molar-refractivity contribution < 1.29 is 4.74 Å². The first-order valence-corrected chi connectivity index (χ1v) is 7.73. The largest absolute Gasteiger partial charge is 0.378 e. The molecule has 0 spiro atoms. The lowest BCUT2D eigenvalue weighted by molar-refractivity contribution is -0.0106. The summed E-state index contributed by atoms with van der Waals surface area (Å²) in [5, 5.41) is 4.65. The van der Waals surface area contributed by atoms with Gasteiger partial charge in [0.05, 0.1) is 18.7 Å². The second-order valence-electron chi connectivity index (χ2n) is 5.50. The van der Waals surface area contributed by atoms with Crippen molar-refractivity contribution in [3.8, 4) is 0 Å². The molecule has 1 aliphatic rings. The number of para-hydroxylation sites is 1. The van der Waals surface area contributed by atoms with E-state index in [4.69, 9.17) is 4.74 Å². The van der Waals surface area contributed by atoms with Gasteiger partial charge in [-0.25, -0.2) is 0 Å². The van der Waals surface area contributed by atoms with Crippen molar-refractivity contribution in [2.45, 2.75) is 19.5 Å². The van der Waals surface area contributed by atoms with E-state index in [2.05, 4.69) is 46.4 Å². The van der Waals surface area contributed by atoms with Gasteiger partial charge in [0.1, 0.15) is 0 Å². The second kappa shape index (κ2) is 6.98. The molecule has 1 unspecified atom stereocenters. The average molecular weight is 285 g/mol. The van der Waals surface area contributed by atoms with E-state index in [1.165, 1.54) is 10.9 Å². The maximum absolute atomic E-state index is 5.64. The number of ether oxygens (including phenoxy) is 1. The van der Waals surface area contributed by atoms with E-state index >= 15 is 0 Å². The van der Waals surface area contributed by atoms with E-state index in [0.717, 1.165) is 44.9 Å². The van der Waals surface area contributed by atoms with Crippen molar-refractivity contribution in [3.63, 3.8) is 0 Å². The second-order valence-corrected chi connectivity index (χ2v) is 5.50. The van der Waals surface area contributed by atoms with Crippen LogP contribution in [0.5, 0.6) is 0 Å². The Morgan fingerprint density at radius 2 is 2.24 bits per heavy atom. The summed E-state index contributed by atoms with van der Waals surface area (Å²) in [4.78, 5) is 7.07. The van der Waals surface area contributed by atoms with E-state index in [1.54, 1.807) is 0 Å². The number of likely N-dealkylation sites (N-methyl/N-ethyl adjacent to an activating group) is 1. The molecule has 112 valence electrons. The van der Waals surface area contributed by atoms with Gasteiger partial charge in [0.15, 0.2) is 0 Å². The van der Waals surface area contributed by atoms with Crippen LogP contribution >= 0.6 is 0 Å². The summed E-state index contributed by atoms with van der Waals surface area (Å²) >= 11 is 0. The van der Waals surface area contributed by atoms with Crippen LogP contribution in [0.2, 0.25) is 0 Å². The molecule has 1 atom stereocenters. The maximum Gasteiger partial charge on any atom is 0.0746 e. The third kappa shape index (κ3) is 3.40. The molecule has 0 aliphatic carbocycles. The van der Waals surface area contributed by atoms with Crippen molar-refractivity contribution in [2.24, 2.45) is 0 Å². The third-order valence-corrected chi connectivity index (χ3v) is 4.07. The highest BCUT2D eigenvalue weighted by atomic mass is 16.5. The molecular weight excluding hydrogens is 262 g/mol. The monoisotopic (exact) mass is 285 g/mol. The zero-order chi connectivity index (χ0) is 14.5. The molecule has 3 rings (SSSR count). The number of nitrogens with one attached hydrogen (secondary N) is 1. The molecule has 0 amide bonds. The van der Waals surface area contributed by atoms with E-state index in [-0.39, 0.29) is 0 Å². The first-order valence-electron chi connectivity index (χ1n) is 7.73. The van der Waals surface area contributed by atoms with Gasteiger partial charge in [-0.2, -0.15) is 0 Å². The van der Waals surface area contributed by atoms with Crippen LogP contribution in [-0.2, 0) is 11.3 Å². The summed E-state index contributed by atoms with van der Waals surface area (Å²) in [5.41, 5.74) is 2.42. The molecule has 2 heterocycles. The third-order valence-electron chi connectivity index (χ3n) is 4.07. The first kappa shape index (κ1) is 14.4. The van der Waals surface area contributed by atoms with Crippen molar-refractivity contribution in [3.05, 3.63) is 42.1 Å². The molecule has 4 heteroatoms. The van der Waals surface area contributed by atoms with Crippen LogP contribution in [0.1, 0.15) is 12.5 Å². The first-order chi connectivity index (χ1) is 10.4. The normalized spacial score (nSPS) is 20.0. The topological polar surface area (TPSA) is 37.4 Å². The van der Waals surface area contributed by atoms with Gasteiger partial charge < -0.3 is 10.1 Å². The highest BCUT2D eigenvalue weighted by Crippen LogP contribution is 2.19. The summed E-state index contributed by atoms with van der Waals surface area (Å²) in [6.07, 6.45) is 1.88. The number of nitrogens with zero attached hydrogens (tertiary/aromatic N) is 2. The predicted molar refractivity (Wildman–Crippen MR) is 85.3 cm³/mol. The standard InChI is InChI=1S/C17H23N3O/c1-2-18-11-16-13-21-10-9-20(16)12-15-6-3-5-14-7-4-8-19-17(14)15/h3-8,16,18H,2,9-13H2,1H3. The molecule has 1 fully saturated rings. The van der Waals surface area contributed by atoms with Crippen molar-refractivity contribution in [1.29, 1.82) is 0 Å². The summed E-state index contributed by atoms with van der Waals surface area (Å²) in [6, 6.07) is 11.0. The molecule has 1 saturated heterocycles. The highest BCUT2D eigenvalue weighted by molar-refractivity contribution is 5.81.